The lowest BCUT2D eigenvalue weighted by Gasteiger charge is -2.42. The van der Waals surface area contributed by atoms with Gasteiger partial charge in [0.15, 0.2) is 0 Å². The summed E-state index contributed by atoms with van der Waals surface area (Å²) in [6, 6.07) is 0. The van der Waals surface area contributed by atoms with Crippen molar-refractivity contribution in [1.82, 2.24) is 0 Å². The van der Waals surface area contributed by atoms with Gasteiger partial charge in [-0.05, 0) is 25.2 Å². The molecule has 0 aromatic heterocycles. The minimum Gasteiger partial charge on any atom is -0.390 e. The maximum atomic E-state index is 10.0. The minimum absolute atomic E-state index is 0.314. The maximum Gasteiger partial charge on any atom is 0.0941 e. The predicted octanol–water partition coefficient (Wildman–Crippen LogP) is 2.52. The monoisotopic (exact) mass is 198 g/mol. The molecule has 14 heavy (non-hydrogen) atoms. The predicted molar refractivity (Wildman–Crippen MR) is 58.2 cm³/mol. The summed E-state index contributed by atoms with van der Waals surface area (Å²) in [4.78, 5) is 0. The molecule has 0 aromatic rings. The van der Waals surface area contributed by atoms with E-state index in [0.29, 0.717) is 12.3 Å². The Labute approximate surface area is 87.0 Å². The number of aliphatic hydroxyl groups is 1. The smallest absolute Gasteiger partial charge is 0.0941 e. The summed E-state index contributed by atoms with van der Waals surface area (Å²) < 4.78 is 5.57. The normalized spacial score (nSPS) is 35.2. The van der Waals surface area contributed by atoms with Gasteiger partial charge in [-0.15, -0.1) is 6.58 Å². The molecule has 0 saturated heterocycles. The first-order valence-electron chi connectivity index (χ1n) is 5.48. The molecule has 0 bridgehead atoms. The molecule has 3 atom stereocenters. The molecule has 3 unspecified atom stereocenters. The number of rotatable bonds is 4. The van der Waals surface area contributed by atoms with Crippen LogP contribution in [0.15, 0.2) is 12.7 Å². The van der Waals surface area contributed by atoms with Crippen molar-refractivity contribution in [3.05, 3.63) is 12.7 Å². The van der Waals surface area contributed by atoms with Crippen LogP contribution in [0.2, 0.25) is 0 Å². The van der Waals surface area contributed by atoms with Crippen LogP contribution >= 0.6 is 0 Å². The molecule has 1 N–H and O–H groups in total. The molecule has 2 heteroatoms. The fraction of sp³-hybridized carbons (Fsp3) is 0.833. The van der Waals surface area contributed by atoms with E-state index in [4.69, 9.17) is 4.74 Å². The SMILES string of the molecule is C=CCC(O)C1(OC)CCCC(C)C1. The Hall–Kier alpha value is -0.340. The largest absolute Gasteiger partial charge is 0.390 e. The first-order chi connectivity index (χ1) is 6.64. The van der Waals surface area contributed by atoms with Crippen LogP contribution in [0.4, 0.5) is 0 Å². The Bertz CT molecular complexity index is 191. The zero-order valence-corrected chi connectivity index (χ0v) is 9.33. The van der Waals surface area contributed by atoms with Gasteiger partial charge in [-0.1, -0.05) is 25.8 Å². The van der Waals surface area contributed by atoms with E-state index in [1.807, 2.05) is 0 Å². The van der Waals surface area contributed by atoms with Gasteiger partial charge in [0.2, 0.25) is 0 Å². The standard InChI is InChI=1S/C12H22O2/c1-4-6-11(13)12(14-3)8-5-7-10(2)9-12/h4,10-11,13H,1,5-9H2,2-3H3. The van der Waals surface area contributed by atoms with Gasteiger partial charge in [0, 0.05) is 7.11 Å². The zero-order chi connectivity index (χ0) is 10.6. The summed E-state index contributed by atoms with van der Waals surface area (Å²) in [6.45, 7) is 5.89. The fourth-order valence-electron chi connectivity index (χ4n) is 2.54. The van der Waals surface area contributed by atoms with Crippen LogP contribution in [-0.2, 0) is 4.74 Å². The first-order valence-corrected chi connectivity index (χ1v) is 5.48. The highest BCUT2D eigenvalue weighted by Crippen LogP contribution is 2.38. The molecule has 1 aliphatic rings. The lowest BCUT2D eigenvalue weighted by molar-refractivity contribution is -0.130. The molecule has 1 saturated carbocycles. The van der Waals surface area contributed by atoms with Crippen LogP contribution in [0.25, 0.3) is 0 Å². The van der Waals surface area contributed by atoms with Crippen molar-refractivity contribution in [2.24, 2.45) is 5.92 Å². The number of hydrogen-bond acceptors (Lipinski definition) is 2. The minimum atomic E-state index is -0.396. The highest BCUT2D eigenvalue weighted by Gasteiger charge is 2.40. The van der Waals surface area contributed by atoms with Crippen molar-refractivity contribution in [1.29, 1.82) is 0 Å². The maximum absolute atomic E-state index is 10.0. The molecule has 0 heterocycles. The average molecular weight is 198 g/mol. The lowest BCUT2D eigenvalue weighted by atomic mass is 9.75. The number of ether oxygens (including phenoxy) is 1. The van der Waals surface area contributed by atoms with E-state index in [2.05, 4.69) is 13.5 Å². The first kappa shape index (κ1) is 11.7. The van der Waals surface area contributed by atoms with Gasteiger partial charge in [-0.3, -0.25) is 0 Å². The van der Waals surface area contributed by atoms with Gasteiger partial charge in [-0.2, -0.15) is 0 Å². The van der Waals surface area contributed by atoms with Crippen molar-refractivity contribution >= 4 is 0 Å². The summed E-state index contributed by atoms with van der Waals surface area (Å²) in [7, 11) is 1.71. The fourth-order valence-corrected chi connectivity index (χ4v) is 2.54. The van der Waals surface area contributed by atoms with Crippen molar-refractivity contribution < 1.29 is 9.84 Å². The summed E-state index contributed by atoms with van der Waals surface area (Å²) in [5.74, 6) is 0.656. The molecular weight excluding hydrogens is 176 g/mol. The van der Waals surface area contributed by atoms with Crippen molar-refractivity contribution in [2.45, 2.75) is 50.7 Å². The molecule has 1 aliphatic carbocycles. The van der Waals surface area contributed by atoms with E-state index in [1.54, 1.807) is 13.2 Å². The van der Waals surface area contributed by atoms with Gasteiger partial charge >= 0.3 is 0 Å². The Balaban J connectivity index is 2.68. The Morgan fingerprint density at radius 2 is 2.43 bits per heavy atom. The third-order valence-corrected chi connectivity index (χ3v) is 3.39. The molecule has 0 aromatic carbocycles. The van der Waals surface area contributed by atoms with Gasteiger partial charge in [0.25, 0.3) is 0 Å². The van der Waals surface area contributed by atoms with E-state index in [9.17, 15) is 5.11 Å². The Morgan fingerprint density at radius 1 is 1.71 bits per heavy atom. The van der Waals surface area contributed by atoms with Gasteiger partial charge in [0.05, 0.1) is 11.7 Å². The highest BCUT2D eigenvalue weighted by molar-refractivity contribution is 4.95. The summed E-state index contributed by atoms with van der Waals surface area (Å²) in [5, 5.41) is 10.0. The van der Waals surface area contributed by atoms with E-state index in [0.717, 1.165) is 19.3 Å². The van der Waals surface area contributed by atoms with Crippen LogP contribution in [0.1, 0.15) is 39.0 Å². The lowest BCUT2D eigenvalue weighted by Crippen LogP contribution is -2.47. The van der Waals surface area contributed by atoms with E-state index >= 15 is 0 Å². The number of aliphatic hydroxyl groups excluding tert-OH is 1. The van der Waals surface area contributed by atoms with Crippen molar-refractivity contribution in [3.8, 4) is 0 Å². The van der Waals surface area contributed by atoms with Gasteiger partial charge in [0.1, 0.15) is 0 Å². The topological polar surface area (TPSA) is 29.5 Å². The summed E-state index contributed by atoms with van der Waals surface area (Å²) in [6.07, 6.45) is 6.36. The molecule has 0 radical (unpaired) electrons. The van der Waals surface area contributed by atoms with E-state index in [-0.39, 0.29) is 5.60 Å². The van der Waals surface area contributed by atoms with Crippen LogP contribution in [-0.4, -0.2) is 23.9 Å². The Kier molecular flexibility index (Phi) is 4.14. The second-order valence-corrected chi connectivity index (χ2v) is 4.51. The van der Waals surface area contributed by atoms with Crippen molar-refractivity contribution in [2.75, 3.05) is 7.11 Å². The molecule has 0 aliphatic heterocycles. The zero-order valence-electron chi connectivity index (χ0n) is 9.33. The van der Waals surface area contributed by atoms with E-state index < -0.39 is 6.10 Å². The van der Waals surface area contributed by atoms with Crippen LogP contribution in [0.5, 0.6) is 0 Å². The second-order valence-electron chi connectivity index (χ2n) is 4.51. The highest BCUT2D eigenvalue weighted by atomic mass is 16.5. The molecule has 82 valence electrons. The quantitative estimate of drug-likeness (QED) is 0.703. The van der Waals surface area contributed by atoms with Crippen LogP contribution in [0, 0.1) is 5.92 Å². The average Bonchev–Trinajstić information content (AvgIpc) is 2.18. The van der Waals surface area contributed by atoms with Crippen LogP contribution < -0.4 is 0 Å². The third-order valence-electron chi connectivity index (χ3n) is 3.39. The van der Waals surface area contributed by atoms with Gasteiger partial charge in [-0.25, -0.2) is 0 Å². The number of methoxy groups -OCH3 is 1. The van der Waals surface area contributed by atoms with Gasteiger partial charge < -0.3 is 9.84 Å². The molecule has 1 fully saturated rings. The number of hydrogen-bond donors (Lipinski definition) is 1. The van der Waals surface area contributed by atoms with E-state index in [1.165, 1.54) is 6.42 Å². The summed E-state index contributed by atoms with van der Waals surface area (Å²) >= 11 is 0. The molecule has 1 rings (SSSR count). The molecule has 2 nitrogen and oxygen atoms in total. The molecule has 0 amide bonds. The molecule has 0 spiro atoms. The van der Waals surface area contributed by atoms with Crippen LogP contribution in [0.3, 0.4) is 0 Å². The third kappa shape index (κ3) is 2.37. The van der Waals surface area contributed by atoms with Crippen molar-refractivity contribution in [3.63, 3.8) is 0 Å². The summed E-state index contributed by atoms with van der Waals surface area (Å²) in [5.41, 5.74) is -0.314. The molecular formula is C12H22O2. The Morgan fingerprint density at radius 3 is 2.93 bits per heavy atom. The second kappa shape index (κ2) is 4.94.